The molecule has 0 N–H and O–H groups in total. The third-order valence-corrected chi connectivity index (χ3v) is 1.70. The number of para-hydroxylation sites is 1. The van der Waals surface area contributed by atoms with Crippen molar-refractivity contribution >= 4 is 17.3 Å². The summed E-state index contributed by atoms with van der Waals surface area (Å²) < 4.78 is 0. The van der Waals surface area contributed by atoms with Crippen molar-refractivity contribution in [3.63, 3.8) is 0 Å². The lowest BCUT2D eigenvalue weighted by molar-refractivity contribution is -0.0432. The van der Waals surface area contributed by atoms with Gasteiger partial charge in [0.2, 0.25) is 0 Å². The van der Waals surface area contributed by atoms with E-state index in [1.807, 2.05) is 12.1 Å². The molecule has 0 aromatic heterocycles. The summed E-state index contributed by atoms with van der Waals surface area (Å²) in [6, 6.07) is 7.26. The van der Waals surface area contributed by atoms with Gasteiger partial charge in [-0.1, -0.05) is 23.7 Å². The summed E-state index contributed by atoms with van der Waals surface area (Å²) in [6.45, 7) is 0. The first kappa shape index (κ1) is 9.32. The minimum absolute atomic E-state index is 0.584. The summed E-state index contributed by atoms with van der Waals surface area (Å²) in [5, 5.41) is 1.82. The lowest BCUT2D eigenvalue weighted by atomic mass is 10.3. The highest BCUT2D eigenvalue weighted by Gasteiger charge is 2.07. The predicted molar refractivity (Wildman–Crippen MR) is 47.9 cm³/mol. The quantitative estimate of drug-likeness (QED) is 0.678. The van der Waals surface area contributed by atoms with Crippen molar-refractivity contribution in [1.29, 1.82) is 0 Å². The second-order valence-corrected chi connectivity index (χ2v) is 2.48. The van der Waals surface area contributed by atoms with Crippen molar-refractivity contribution in [2.24, 2.45) is 0 Å². The van der Waals surface area contributed by atoms with E-state index in [9.17, 15) is 0 Å². The van der Waals surface area contributed by atoms with Gasteiger partial charge in [-0.3, -0.25) is 9.68 Å². The van der Waals surface area contributed by atoms with E-state index in [1.165, 1.54) is 19.4 Å². The van der Waals surface area contributed by atoms with Crippen LogP contribution in [0.1, 0.15) is 0 Å². The zero-order chi connectivity index (χ0) is 8.97. The summed E-state index contributed by atoms with van der Waals surface area (Å²) in [6.07, 6.45) is 0. The van der Waals surface area contributed by atoms with E-state index < -0.39 is 0 Å². The Kier molecular flexibility index (Phi) is 3.34. The fraction of sp³-hybridized carbons (Fsp3) is 0.250. The third kappa shape index (κ3) is 1.88. The van der Waals surface area contributed by atoms with Gasteiger partial charge in [-0.2, -0.15) is 0 Å². The average molecular weight is 188 g/mol. The van der Waals surface area contributed by atoms with Crippen LogP contribution in [0.3, 0.4) is 0 Å². The Balaban J connectivity index is 2.92. The maximum absolute atomic E-state index is 5.87. The van der Waals surface area contributed by atoms with Gasteiger partial charge in [0.1, 0.15) is 5.69 Å². The minimum Gasteiger partial charge on any atom is -0.252 e. The minimum atomic E-state index is 0.584. The Bertz CT molecular complexity index is 251. The molecule has 0 atom stereocenters. The van der Waals surface area contributed by atoms with Crippen LogP contribution in [-0.4, -0.2) is 14.2 Å². The van der Waals surface area contributed by atoms with Gasteiger partial charge < -0.3 is 0 Å². The van der Waals surface area contributed by atoms with Crippen molar-refractivity contribution in [2.45, 2.75) is 0 Å². The molecule has 1 aromatic carbocycles. The summed E-state index contributed by atoms with van der Waals surface area (Å²) in [5.74, 6) is 0. The number of hydrogen-bond acceptors (Lipinski definition) is 3. The Morgan fingerprint density at radius 1 is 1.17 bits per heavy atom. The van der Waals surface area contributed by atoms with Gasteiger partial charge in [-0.15, -0.1) is 5.23 Å². The molecule has 0 saturated heterocycles. The second kappa shape index (κ2) is 4.30. The number of rotatable bonds is 3. The van der Waals surface area contributed by atoms with Crippen LogP contribution in [-0.2, 0) is 9.68 Å². The van der Waals surface area contributed by atoms with Crippen molar-refractivity contribution < 1.29 is 9.68 Å². The summed E-state index contributed by atoms with van der Waals surface area (Å²) in [4.78, 5) is 9.79. The molecule has 0 amide bonds. The maximum Gasteiger partial charge on any atom is 0.113 e. The number of hydrogen-bond donors (Lipinski definition) is 0. The molecular weight excluding hydrogens is 178 g/mol. The topological polar surface area (TPSA) is 21.7 Å². The largest absolute Gasteiger partial charge is 0.252 e. The van der Waals surface area contributed by atoms with Gasteiger partial charge in [0.05, 0.1) is 19.2 Å². The highest BCUT2D eigenvalue weighted by molar-refractivity contribution is 6.33. The van der Waals surface area contributed by atoms with E-state index >= 15 is 0 Å². The molecule has 0 unspecified atom stereocenters. The molecule has 4 heteroatoms. The van der Waals surface area contributed by atoms with Crippen molar-refractivity contribution in [2.75, 3.05) is 19.4 Å². The Hall–Kier alpha value is -0.770. The van der Waals surface area contributed by atoms with Crippen LogP contribution in [0.25, 0.3) is 0 Å². The molecule has 0 spiro atoms. The molecule has 12 heavy (non-hydrogen) atoms. The Labute approximate surface area is 76.4 Å². The summed E-state index contributed by atoms with van der Waals surface area (Å²) in [5.41, 5.74) is 0.684. The van der Waals surface area contributed by atoms with E-state index in [0.29, 0.717) is 10.7 Å². The van der Waals surface area contributed by atoms with Crippen LogP contribution in [0.15, 0.2) is 24.3 Å². The summed E-state index contributed by atoms with van der Waals surface area (Å²) >= 11 is 5.87. The van der Waals surface area contributed by atoms with Crippen molar-refractivity contribution in [3.05, 3.63) is 29.3 Å². The third-order valence-electron chi connectivity index (χ3n) is 1.38. The first-order valence-corrected chi connectivity index (χ1v) is 3.80. The van der Waals surface area contributed by atoms with Crippen LogP contribution in [0.5, 0.6) is 0 Å². The lowest BCUT2D eigenvalue weighted by Crippen LogP contribution is -2.19. The molecule has 0 aliphatic carbocycles. The molecule has 1 aromatic rings. The van der Waals surface area contributed by atoms with Gasteiger partial charge in [-0.05, 0) is 12.1 Å². The van der Waals surface area contributed by atoms with Crippen LogP contribution in [0.4, 0.5) is 5.69 Å². The molecule has 0 saturated carbocycles. The Morgan fingerprint density at radius 2 is 1.75 bits per heavy atom. The van der Waals surface area contributed by atoms with E-state index in [2.05, 4.69) is 0 Å². The average Bonchev–Trinajstić information content (AvgIpc) is 2.10. The van der Waals surface area contributed by atoms with Crippen molar-refractivity contribution in [3.8, 4) is 0 Å². The highest BCUT2D eigenvalue weighted by Crippen LogP contribution is 2.24. The second-order valence-electron chi connectivity index (χ2n) is 2.07. The zero-order valence-electron chi connectivity index (χ0n) is 6.95. The van der Waals surface area contributed by atoms with Gasteiger partial charge in [0, 0.05) is 0 Å². The number of nitrogens with zero attached hydrogens (tertiary/aromatic N) is 1. The maximum atomic E-state index is 5.87. The predicted octanol–water partition coefficient (Wildman–Crippen LogP) is 2.27. The molecule has 66 valence electrons. The number of halogens is 1. The van der Waals surface area contributed by atoms with E-state index in [1.54, 1.807) is 12.1 Å². The molecule has 0 aliphatic rings. The molecule has 0 heterocycles. The zero-order valence-corrected chi connectivity index (χ0v) is 7.71. The van der Waals surface area contributed by atoms with Gasteiger partial charge in [0.15, 0.2) is 0 Å². The Morgan fingerprint density at radius 3 is 2.25 bits per heavy atom. The standard InChI is InChI=1S/C8H10ClNO2/c1-11-10(12-2)8-6-4-3-5-7(8)9/h3-6H,1-2H3. The van der Waals surface area contributed by atoms with Crippen LogP contribution in [0, 0.1) is 0 Å². The highest BCUT2D eigenvalue weighted by atomic mass is 35.5. The molecular formula is C8H10ClNO2. The molecule has 0 aliphatic heterocycles. The van der Waals surface area contributed by atoms with E-state index in [0.717, 1.165) is 0 Å². The van der Waals surface area contributed by atoms with Crippen LogP contribution >= 0.6 is 11.6 Å². The molecule has 0 fully saturated rings. The van der Waals surface area contributed by atoms with Crippen molar-refractivity contribution in [1.82, 2.24) is 0 Å². The van der Waals surface area contributed by atoms with E-state index in [-0.39, 0.29) is 0 Å². The smallest absolute Gasteiger partial charge is 0.113 e. The first-order valence-electron chi connectivity index (χ1n) is 3.42. The SMILES string of the molecule is CON(OC)c1ccccc1Cl. The van der Waals surface area contributed by atoms with Gasteiger partial charge >= 0.3 is 0 Å². The van der Waals surface area contributed by atoms with E-state index in [4.69, 9.17) is 21.3 Å². The number of anilines is 1. The normalized spacial score (nSPS) is 9.92. The monoisotopic (exact) mass is 187 g/mol. The molecule has 1 rings (SSSR count). The number of benzene rings is 1. The van der Waals surface area contributed by atoms with Crippen LogP contribution in [0.2, 0.25) is 5.02 Å². The molecule has 0 radical (unpaired) electrons. The van der Waals surface area contributed by atoms with Crippen LogP contribution < -0.4 is 5.23 Å². The van der Waals surface area contributed by atoms with Gasteiger partial charge in [0.25, 0.3) is 0 Å². The van der Waals surface area contributed by atoms with Gasteiger partial charge in [-0.25, -0.2) is 0 Å². The molecule has 3 nitrogen and oxygen atoms in total. The molecule has 0 bridgehead atoms. The lowest BCUT2D eigenvalue weighted by Gasteiger charge is -2.18. The fourth-order valence-corrected chi connectivity index (χ4v) is 1.08. The first-order chi connectivity index (χ1) is 5.79. The summed E-state index contributed by atoms with van der Waals surface area (Å²) in [7, 11) is 3.01. The fourth-order valence-electron chi connectivity index (χ4n) is 0.871.